The maximum absolute atomic E-state index is 12.4. The summed E-state index contributed by atoms with van der Waals surface area (Å²) in [6, 6.07) is 5.03. The number of aromatic nitrogens is 2. The number of hydrogen-bond acceptors (Lipinski definition) is 2. The first-order valence-corrected chi connectivity index (χ1v) is 5.27. The molecule has 0 unspecified atom stereocenters. The highest BCUT2D eigenvalue weighted by molar-refractivity contribution is 6.32. The topological polar surface area (TPSA) is 66.6 Å². The molecule has 0 saturated heterocycles. The summed E-state index contributed by atoms with van der Waals surface area (Å²) in [5, 5.41) is 6.85. The number of halogens is 4. The summed E-state index contributed by atoms with van der Waals surface area (Å²) >= 11 is 5.90. The van der Waals surface area contributed by atoms with Gasteiger partial charge in [0.25, 0.3) is 0 Å². The fraction of sp³-hybridized carbons (Fsp3) is 0.100. The summed E-state index contributed by atoms with van der Waals surface area (Å²) in [7, 11) is 0. The molecular formula is C10H5ClF3N5. The summed E-state index contributed by atoms with van der Waals surface area (Å²) in [4.78, 5) is 2.58. The normalized spacial score (nSPS) is 11.2. The van der Waals surface area contributed by atoms with Crippen LogP contribution in [0, 0.1) is 0 Å². The van der Waals surface area contributed by atoms with Crippen molar-refractivity contribution < 1.29 is 13.2 Å². The first-order valence-electron chi connectivity index (χ1n) is 4.89. The third-order valence-corrected chi connectivity index (χ3v) is 2.52. The third-order valence-electron chi connectivity index (χ3n) is 2.22. The van der Waals surface area contributed by atoms with Gasteiger partial charge in [0.15, 0.2) is 5.69 Å². The number of benzene rings is 1. The monoisotopic (exact) mass is 287 g/mol. The second-order valence-corrected chi connectivity index (χ2v) is 3.88. The zero-order chi connectivity index (χ0) is 14.0. The van der Waals surface area contributed by atoms with Crippen molar-refractivity contribution in [3.05, 3.63) is 51.6 Å². The molecule has 0 radical (unpaired) electrons. The molecule has 9 heteroatoms. The minimum atomic E-state index is -4.51. The van der Waals surface area contributed by atoms with Crippen LogP contribution in [-0.2, 0) is 6.18 Å². The molecule has 2 aromatic rings. The first kappa shape index (κ1) is 13.3. The molecule has 1 aromatic heterocycles. The SMILES string of the molecule is [N-]=[N+]=Nc1ccc(-n2ccc(C(F)(F)F)n2)c(Cl)c1. The van der Waals surface area contributed by atoms with Gasteiger partial charge in [0.2, 0.25) is 0 Å². The lowest BCUT2D eigenvalue weighted by Gasteiger charge is -2.05. The zero-order valence-corrected chi connectivity index (χ0v) is 9.89. The molecule has 1 heterocycles. The molecule has 0 fully saturated rings. The maximum Gasteiger partial charge on any atom is 0.435 e. The van der Waals surface area contributed by atoms with Gasteiger partial charge in [-0.3, -0.25) is 0 Å². The van der Waals surface area contributed by atoms with Crippen molar-refractivity contribution in [1.82, 2.24) is 9.78 Å². The fourth-order valence-electron chi connectivity index (χ4n) is 1.40. The van der Waals surface area contributed by atoms with E-state index < -0.39 is 11.9 Å². The van der Waals surface area contributed by atoms with Crippen molar-refractivity contribution in [2.75, 3.05) is 0 Å². The fourth-order valence-corrected chi connectivity index (χ4v) is 1.67. The molecule has 0 spiro atoms. The van der Waals surface area contributed by atoms with Crippen LogP contribution >= 0.6 is 11.6 Å². The molecule has 0 atom stereocenters. The van der Waals surface area contributed by atoms with Crippen LogP contribution in [0.15, 0.2) is 35.6 Å². The Bertz CT molecular complexity index is 657. The summed E-state index contributed by atoms with van der Waals surface area (Å²) in [6.07, 6.45) is -3.36. The van der Waals surface area contributed by atoms with Gasteiger partial charge < -0.3 is 0 Å². The van der Waals surface area contributed by atoms with Gasteiger partial charge in [0.05, 0.1) is 10.7 Å². The summed E-state index contributed by atoms with van der Waals surface area (Å²) in [5.41, 5.74) is 7.77. The minimum absolute atomic E-state index is 0.127. The molecule has 0 aliphatic rings. The van der Waals surface area contributed by atoms with Crippen molar-refractivity contribution in [3.8, 4) is 5.69 Å². The van der Waals surface area contributed by atoms with Crippen molar-refractivity contribution >= 4 is 17.3 Å². The minimum Gasteiger partial charge on any atom is -0.239 e. The largest absolute Gasteiger partial charge is 0.435 e. The molecule has 0 aliphatic heterocycles. The highest BCUT2D eigenvalue weighted by atomic mass is 35.5. The molecule has 1 aromatic carbocycles. The quantitative estimate of drug-likeness (QED) is 0.456. The molecule has 0 amide bonds. The van der Waals surface area contributed by atoms with E-state index >= 15 is 0 Å². The second kappa shape index (κ2) is 4.83. The lowest BCUT2D eigenvalue weighted by Crippen LogP contribution is -2.07. The van der Waals surface area contributed by atoms with Crippen LogP contribution in [0.25, 0.3) is 16.1 Å². The van der Waals surface area contributed by atoms with Gasteiger partial charge in [-0.25, -0.2) is 4.68 Å². The Balaban J connectivity index is 2.42. The number of alkyl halides is 3. The van der Waals surface area contributed by atoms with E-state index in [0.29, 0.717) is 0 Å². The van der Waals surface area contributed by atoms with Crippen LogP contribution in [0.2, 0.25) is 5.02 Å². The zero-order valence-electron chi connectivity index (χ0n) is 9.13. The van der Waals surface area contributed by atoms with E-state index in [1.54, 1.807) is 0 Å². The Kier molecular flexibility index (Phi) is 3.37. The van der Waals surface area contributed by atoms with Crippen molar-refractivity contribution in [3.63, 3.8) is 0 Å². The summed E-state index contributed by atoms with van der Waals surface area (Å²) in [5.74, 6) is 0. The third kappa shape index (κ3) is 2.81. The molecule has 98 valence electrons. The van der Waals surface area contributed by atoms with E-state index in [2.05, 4.69) is 15.1 Å². The standard InChI is InChI=1S/C10H5ClF3N5/c11-7-5-6(16-18-15)1-2-8(7)19-4-3-9(17-19)10(12,13)14/h1-5H. The Hall–Kier alpha value is -2.18. The van der Waals surface area contributed by atoms with Gasteiger partial charge >= 0.3 is 6.18 Å². The van der Waals surface area contributed by atoms with Gasteiger partial charge in [-0.1, -0.05) is 22.8 Å². The van der Waals surface area contributed by atoms with E-state index in [9.17, 15) is 13.2 Å². The number of hydrogen-bond donors (Lipinski definition) is 0. The van der Waals surface area contributed by atoms with Crippen molar-refractivity contribution in [2.45, 2.75) is 6.18 Å². The average Bonchev–Trinajstić information content (AvgIpc) is 2.78. The van der Waals surface area contributed by atoms with E-state index in [1.165, 1.54) is 18.2 Å². The molecule has 2 rings (SSSR count). The number of rotatable bonds is 2. The van der Waals surface area contributed by atoms with E-state index in [1.807, 2.05) is 0 Å². The molecule has 0 saturated carbocycles. The van der Waals surface area contributed by atoms with E-state index in [4.69, 9.17) is 17.1 Å². The van der Waals surface area contributed by atoms with Gasteiger partial charge in [0, 0.05) is 16.8 Å². The van der Waals surface area contributed by atoms with E-state index in [0.717, 1.165) is 16.9 Å². The average molecular weight is 288 g/mol. The molecule has 5 nitrogen and oxygen atoms in total. The molecule has 0 N–H and O–H groups in total. The van der Waals surface area contributed by atoms with Crippen LogP contribution < -0.4 is 0 Å². The van der Waals surface area contributed by atoms with Gasteiger partial charge in [-0.2, -0.15) is 18.3 Å². The molecule has 0 aliphatic carbocycles. The van der Waals surface area contributed by atoms with Crippen LogP contribution in [0.1, 0.15) is 5.69 Å². The lowest BCUT2D eigenvalue weighted by atomic mass is 10.3. The number of nitrogens with zero attached hydrogens (tertiary/aromatic N) is 5. The van der Waals surface area contributed by atoms with Crippen LogP contribution in [-0.4, -0.2) is 9.78 Å². The van der Waals surface area contributed by atoms with E-state index in [-0.39, 0.29) is 16.4 Å². The lowest BCUT2D eigenvalue weighted by molar-refractivity contribution is -0.141. The maximum atomic E-state index is 12.4. The van der Waals surface area contributed by atoms with Crippen LogP contribution in [0.4, 0.5) is 18.9 Å². The Morgan fingerprint density at radius 3 is 2.58 bits per heavy atom. The second-order valence-electron chi connectivity index (χ2n) is 3.47. The van der Waals surface area contributed by atoms with Gasteiger partial charge in [-0.15, -0.1) is 0 Å². The predicted octanol–water partition coefficient (Wildman–Crippen LogP) is 4.49. The number of azide groups is 1. The highest BCUT2D eigenvalue weighted by Gasteiger charge is 2.33. The first-order chi connectivity index (χ1) is 8.91. The van der Waals surface area contributed by atoms with Gasteiger partial charge in [0.1, 0.15) is 0 Å². The summed E-state index contributed by atoms with van der Waals surface area (Å²) in [6.45, 7) is 0. The van der Waals surface area contributed by atoms with Crippen LogP contribution in [0.5, 0.6) is 0 Å². The summed E-state index contributed by atoms with van der Waals surface area (Å²) < 4.78 is 38.3. The highest BCUT2D eigenvalue weighted by Crippen LogP contribution is 2.30. The van der Waals surface area contributed by atoms with Gasteiger partial charge in [-0.05, 0) is 23.7 Å². The Morgan fingerprint density at radius 1 is 1.32 bits per heavy atom. The Labute approximate surface area is 109 Å². The Morgan fingerprint density at radius 2 is 2.05 bits per heavy atom. The molecular weight excluding hydrogens is 283 g/mol. The van der Waals surface area contributed by atoms with Crippen molar-refractivity contribution in [1.29, 1.82) is 0 Å². The van der Waals surface area contributed by atoms with Crippen LogP contribution in [0.3, 0.4) is 0 Å². The van der Waals surface area contributed by atoms with Crippen molar-refractivity contribution in [2.24, 2.45) is 5.11 Å². The molecule has 19 heavy (non-hydrogen) atoms. The molecule has 0 bridgehead atoms. The predicted molar refractivity (Wildman–Crippen MR) is 62.4 cm³/mol. The smallest absolute Gasteiger partial charge is 0.239 e.